The number of amidine groups is 1. The molecule has 1 atom stereocenters. The summed E-state index contributed by atoms with van der Waals surface area (Å²) in [5, 5.41) is 18.9. The lowest BCUT2D eigenvalue weighted by molar-refractivity contribution is -0.134. The minimum absolute atomic E-state index is 0.185. The molecule has 0 aromatic heterocycles. The van der Waals surface area contributed by atoms with E-state index >= 15 is 0 Å². The molecule has 0 saturated heterocycles. The molecular formula is C9H7ClN2O3. The van der Waals surface area contributed by atoms with Crippen LogP contribution in [-0.2, 0) is 4.79 Å². The predicted octanol–water partition coefficient (Wildman–Crippen LogP) is 0.637. The van der Waals surface area contributed by atoms with Gasteiger partial charge in [-0.2, -0.15) is 0 Å². The van der Waals surface area contributed by atoms with Crippen molar-refractivity contribution in [2.45, 2.75) is 6.23 Å². The van der Waals surface area contributed by atoms with E-state index in [4.69, 9.17) is 16.7 Å². The first kappa shape index (κ1) is 9.95. The monoisotopic (exact) mass is 226 g/mol. The van der Waals surface area contributed by atoms with Gasteiger partial charge in [0, 0.05) is 12.4 Å². The smallest absolute Gasteiger partial charge is 0.337 e. The normalized spacial score (nSPS) is 24.0. The second-order valence-corrected chi connectivity index (χ2v) is 3.44. The van der Waals surface area contributed by atoms with Crippen LogP contribution in [0.5, 0.6) is 0 Å². The van der Waals surface area contributed by atoms with Gasteiger partial charge in [-0.3, -0.25) is 0 Å². The molecule has 78 valence electrons. The molecular weight excluding hydrogens is 220 g/mol. The number of fused-ring (bicyclic) bond motifs is 1. The summed E-state index contributed by atoms with van der Waals surface area (Å²) in [6.07, 6.45) is 4.52. The highest BCUT2D eigenvalue weighted by atomic mass is 35.5. The molecule has 0 aromatic rings. The van der Waals surface area contributed by atoms with Crippen LogP contribution in [0.25, 0.3) is 0 Å². The second kappa shape index (κ2) is 3.52. The van der Waals surface area contributed by atoms with Crippen LogP contribution in [0, 0.1) is 0 Å². The molecule has 6 heteroatoms. The molecule has 2 heterocycles. The van der Waals surface area contributed by atoms with Crippen molar-refractivity contribution < 1.29 is 15.0 Å². The van der Waals surface area contributed by atoms with E-state index in [9.17, 15) is 9.90 Å². The molecule has 2 rings (SSSR count). The molecule has 0 unspecified atom stereocenters. The third kappa shape index (κ3) is 1.67. The van der Waals surface area contributed by atoms with Gasteiger partial charge in [0.1, 0.15) is 11.4 Å². The van der Waals surface area contributed by atoms with Gasteiger partial charge in [-0.1, -0.05) is 11.6 Å². The number of carbonyl (C=O) groups is 1. The first-order valence-electron chi connectivity index (χ1n) is 4.12. The van der Waals surface area contributed by atoms with Crippen molar-refractivity contribution >= 4 is 23.4 Å². The van der Waals surface area contributed by atoms with E-state index in [1.807, 2.05) is 0 Å². The van der Waals surface area contributed by atoms with Crippen molar-refractivity contribution in [3.63, 3.8) is 0 Å². The van der Waals surface area contributed by atoms with E-state index in [-0.39, 0.29) is 5.57 Å². The maximum absolute atomic E-state index is 10.7. The van der Waals surface area contributed by atoms with E-state index in [0.29, 0.717) is 10.9 Å². The van der Waals surface area contributed by atoms with Crippen LogP contribution in [0.2, 0.25) is 0 Å². The highest BCUT2D eigenvalue weighted by Crippen LogP contribution is 2.22. The number of aliphatic hydroxyl groups is 1. The molecule has 2 aliphatic heterocycles. The summed E-state index contributed by atoms with van der Waals surface area (Å²) in [5.74, 6) is -0.749. The lowest BCUT2D eigenvalue weighted by atomic mass is 10.2. The van der Waals surface area contributed by atoms with Gasteiger partial charge in [-0.15, -0.1) is 0 Å². The molecule has 5 nitrogen and oxygen atoms in total. The molecule has 2 N–H and O–H groups in total. The number of carboxylic acids is 1. The highest BCUT2D eigenvalue weighted by Gasteiger charge is 2.29. The molecule has 0 saturated carbocycles. The number of nitrogens with zero attached hydrogens (tertiary/aromatic N) is 2. The van der Waals surface area contributed by atoms with E-state index in [2.05, 4.69) is 4.99 Å². The average Bonchev–Trinajstić information content (AvgIpc) is 2.19. The largest absolute Gasteiger partial charge is 0.478 e. The Morgan fingerprint density at radius 2 is 2.27 bits per heavy atom. The molecule has 0 bridgehead atoms. The van der Waals surface area contributed by atoms with Crippen molar-refractivity contribution in [1.82, 2.24) is 4.90 Å². The molecule has 0 amide bonds. The van der Waals surface area contributed by atoms with Crippen molar-refractivity contribution in [1.29, 1.82) is 0 Å². The van der Waals surface area contributed by atoms with Gasteiger partial charge in [0.2, 0.25) is 0 Å². The molecule has 0 fully saturated rings. The van der Waals surface area contributed by atoms with Gasteiger partial charge < -0.3 is 15.1 Å². The third-order valence-corrected chi connectivity index (χ3v) is 2.27. The highest BCUT2D eigenvalue weighted by molar-refractivity contribution is 6.32. The Balaban J connectivity index is 2.40. The Morgan fingerprint density at radius 3 is 2.93 bits per heavy atom. The molecule has 2 aliphatic rings. The zero-order valence-corrected chi connectivity index (χ0v) is 8.22. The predicted molar refractivity (Wildman–Crippen MR) is 54.1 cm³/mol. The van der Waals surface area contributed by atoms with Crippen LogP contribution >= 0.6 is 11.6 Å². The molecule has 15 heavy (non-hydrogen) atoms. The van der Waals surface area contributed by atoms with Crippen LogP contribution in [0.15, 0.2) is 40.1 Å². The van der Waals surface area contributed by atoms with Crippen molar-refractivity contribution in [3.8, 4) is 0 Å². The first-order chi connectivity index (χ1) is 7.09. The SMILES string of the molecule is O=C(O)C1=CN=C2C=CC(Cl)=CN2[C@@H]1O. The number of aliphatic imine (C=N–C) groups is 1. The number of aliphatic carboxylic acids is 1. The number of allylic oxidation sites excluding steroid dienone is 2. The summed E-state index contributed by atoms with van der Waals surface area (Å²) >= 11 is 5.73. The van der Waals surface area contributed by atoms with Crippen molar-refractivity contribution in [2.75, 3.05) is 0 Å². The summed E-state index contributed by atoms with van der Waals surface area (Å²) < 4.78 is 0. The van der Waals surface area contributed by atoms with E-state index in [1.165, 1.54) is 11.1 Å². The summed E-state index contributed by atoms with van der Waals surface area (Å²) in [7, 11) is 0. The van der Waals surface area contributed by atoms with Gasteiger partial charge in [-0.05, 0) is 12.2 Å². The fourth-order valence-corrected chi connectivity index (χ4v) is 1.47. The lowest BCUT2D eigenvalue weighted by Crippen LogP contribution is -2.41. The van der Waals surface area contributed by atoms with Crippen LogP contribution in [0.3, 0.4) is 0 Å². The quantitative estimate of drug-likeness (QED) is 0.688. The third-order valence-electron chi connectivity index (χ3n) is 2.04. The zero-order valence-electron chi connectivity index (χ0n) is 7.46. The number of halogens is 1. The number of rotatable bonds is 1. The van der Waals surface area contributed by atoms with Crippen LogP contribution in [0.4, 0.5) is 0 Å². The topological polar surface area (TPSA) is 73.1 Å². The van der Waals surface area contributed by atoms with Gasteiger partial charge >= 0.3 is 5.97 Å². The second-order valence-electron chi connectivity index (χ2n) is 3.01. The van der Waals surface area contributed by atoms with Crippen LogP contribution < -0.4 is 0 Å². The summed E-state index contributed by atoms with van der Waals surface area (Å²) in [5.41, 5.74) is -0.185. The van der Waals surface area contributed by atoms with Gasteiger partial charge in [0.05, 0.1) is 5.03 Å². The maximum Gasteiger partial charge on any atom is 0.337 e. The fourth-order valence-electron chi connectivity index (χ4n) is 1.31. The minimum Gasteiger partial charge on any atom is -0.478 e. The molecule has 0 spiro atoms. The van der Waals surface area contributed by atoms with Gasteiger partial charge in [0.25, 0.3) is 0 Å². The molecule has 0 radical (unpaired) electrons. The van der Waals surface area contributed by atoms with Crippen molar-refractivity contribution in [2.24, 2.45) is 4.99 Å². The Labute approximate surface area is 90.3 Å². The number of hydrogen-bond acceptors (Lipinski definition) is 4. The van der Waals surface area contributed by atoms with Crippen LogP contribution in [0.1, 0.15) is 0 Å². The Kier molecular flexibility index (Phi) is 2.34. The summed E-state index contributed by atoms with van der Waals surface area (Å²) in [6.45, 7) is 0. The standard InChI is InChI=1S/C9H7ClN2O3/c10-5-1-2-7-11-3-6(9(14)15)8(13)12(7)4-5/h1-4,8,13H,(H,14,15)/t8-/m1/s1. The molecule has 0 aromatic carbocycles. The van der Waals surface area contributed by atoms with Crippen LogP contribution in [-0.4, -0.2) is 33.1 Å². The Bertz CT molecular complexity index is 437. The van der Waals surface area contributed by atoms with E-state index in [1.54, 1.807) is 12.2 Å². The number of carboxylic acid groups (broad SMARTS) is 1. The Morgan fingerprint density at radius 1 is 1.53 bits per heavy atom. The number of hydrogen-bond donors (Lipinski definition) is 2. The lowest BCUT2D eigenvalue weighted by Gasteiger charge is -2.30. The summed E-state index contributed by atoms with van der Waals surface area (Å²) in [4.78, 5) is 15.9. The van der Waals surface area contributed by atoms with Gasteiger partial charge in [-0.25, -0.2) is 9.79 Å². The number of aliphatic hydroxyl groups excluding tert-OH is 1. The average molecular weight is 227 g/mol. The maximum atomic E-state index is 10.7. The van der Waals surface area contributed by atoms with Gasteiger partial charge in [0.15, 0.2) is 6.23 Å². The van der Waals surface area contributed by atoms with Crippen molar-refractivity contribution in [3.05, 3.63) is 35.2 Å². The molecule has 0 aliphatic carbocycles. The first-order valence-corrected chi connectivity index (χ1v) is 4.50. The van der Waals surface area contributed by atoms with E-state index < -0.39 is 12.2 Å². The summed E-state index contributed by atoms with van der Waals surface area (Å²) in [6, 6.07) is 0. The Hall–Kier alpha value is -1.59. The van der Waals surface area contributed by atoms with E-state index in [0.717, 1.165) is 6.20 Å². The fraction of sp³-hybridized carbons (Fsp3) is 0.111. The zero-order chi connectivity index (χ0) is 11.0. The minimum atomic E-state index is -1.26.